The summed E-state index contributed by atoms with van der Waals surface area (Å²) in [5.41, 5.74) is 8.64. The largest absolute Gasteiger partial charge is 0.327 e. The van der Waals surface area contributed by atoms with Crippen LogP contribution in [0.2, 0.25) is 0 Å². The maximum Gasteiger partial charge on any atom is 0.0458 e. The third-order valence-corrected chi connectivity index (χ3v) is 3.17. The molecule has 70 valence electrons. The highest BCUT2D eigenvalue weighted by Gasteiger charge is 2.56. The molecule has 1 saturated carbocycles. The van der Waals surface area contributed by atoms with Crippen molar-refractivity contribution in [2.24, 2.45) is 11.1 Å². The van der Waals surface area contributed by atoms with Gasteiger partial charge in [-0.1, -0.05) is 13.8 Å². The second-order valence-electron chi connectivity index (χ2n) is 4.58. The van der Waals surface area contributed by atoms with Gasteiger partial charge in [0.05, 0.1) is 0 Å². The minimum absolute atomic E-state index is 0.237. The fourth-order valence-electron chi connectivity index (χ4n) is 1.97. The second kappa shape index (κ2) is 2.55. The predicted octanol–water partition coefficient (Wildman–Crippen LogP) is 1.84. The van der Waals surface area contributed by atoms with Crippen molar-refractivity contribution in [2.75, 3.05) is 0 Å². The van der Waals surface area contributed by atoms with Crippen LogP contribution in [0.25, 0.3) is 0 Å². The molecule has 2 rings (SSSR count). The Morgan fingerprint density at radius 2 is 2.08 bits per heavy atom. The van der Waals surface area contributed by atoms with E-state index < -0.39 is 0 Å². The van der Waals surface area contributed by atoms with Crippen LogP contribution in [0.3, 0.4) is 0 Å². The average Bonchev–Trinajstić information content (AvgIpc) is 2.51. The molecular weight excluding hydrogens is 160 g/mol. The molecule has 1 fully saturated rings. The summed E-state index contributed by atoms with van der Waals surface area (Å²) in [7, 11) is 0. The van der Waals surface area contributed by atoms with Gasteiger partial charge in [-0.25, -0.2) is 0 Å². The Morgan fingerprint density at radius 3 is 2.54 bits per heavy atom. The van der Waals surface area contributed by atoms with E-state index in [1.165, 1.54) is 5.56 Å². The molecule has 0 spiro atoms. The molecule has 1 aromatic rings. The third kappa shape index (κ3) is 1.25. The average molecular weight is 176 g/mol. The van der Waals surface area contributed by atoms with Gasteiger partial charge < -0.3 is 5.73 Å². The number of nitrogens with zero attached hydrogens (tertiary/aromatic N) is 1. The van der Waals surface area contributed by atoms with Crippen LogP contribution < -0.4 is 5.73 Å². The highest BCUT2D eigenvalue weighted by atomic mass is 14.9. The molecule has 1 aliphatic carbocycles. The van der Waals surface area contributed by atoms with Gasteiger partial charge in [-0.2, -0.15) is 0 Å². The summed E-state index contributed by atoms with van der Waals surface area (Å²) in [6, 6.07) is 4.44. The van der Waals surface area contributed by atoms with E-state index in [4.69, 9.17) is 5.73 Å². The van der Waals surface area contributed by atoms with Gasteiger partial charge in [0.25, 0.3) is 0 Å². The molecule has 2 heteroatoms. The van der Waals surface area contributed by atoms with Crippen LogP contribution >= 0.6 is 0 Å². The maximum absolute atomic E-state index is 5.99. The maximum atomic E-state index is 5.99. The van der Waals surface area contributed by atoms with Crippen molar-refractivity contribution in [3.8, 4) is 0 Å². The summed E-state index contributed by atoms with van der Waals surface area (Å²) >= 11 is 0. The minimum Gasteiger partial charge on any atom is -0.327 e. The summed E-state index contributed by atoms with van der Waals surface area (Å²) in [5, 5.41) is 0. The zero-order chi connectivity index (χ0) is 9.64. The SMILES string of the molecule is Cc1ccnc([C@H]2[C@H](N)C2(C)C)c1. The predicted molar refractivity (Wildman–Crippen MR) is 53.5 cm³/mol. The van der Waals surface area contributed by atoms with Crippen LogP contribution in [0.4, 0.5) is 0 Å². The molecule has 13 heavy (non-hydrogen) atoms. The summed E-state index contributed by atoms with van der Waals surface area (Å²) < 4.78 is 0. The monoisotopic (exact) mass is 176 g/mol. The standard InChI is InChI=1S/C11H16N2/c1-7-4-5-13-8(6-7)9-10(12)11(9,2)3/h4-6,9-10H,12H2,1-3H3/t9-,10-/m0/s1. The van der Waals surface area contributed by atoms with Crippen LogP contribution in [0.15, 0.2) is 18.3 Å². The molecule has 0 bridgehead atoms. The number of hydrogen-bond donors (Lipinski definition) is 1. The molecule has 0 aromatic carbocycles. The molecule has 0 unspecified atom stereocenters. The number of pyridine rings is 1. The number of aromatic nitrogens is 1. The first-order chi connectivity index (χ1) is 6.03. The summed E-state index contributed by atoms with van der Waals surface area (Å²) in [6.07, 6.45) is 1.87. The van der Waals surface area contributed by atoms with Gasteiger partial charge in [-0.05, 0) is 30.0 Å². The van der Waals surface area contributed by atoms with Crippen molar-refractivity contribution >= 4 is 0 Å². The third-order valence-electron chi connectivity index (χ3n) is 3.17. The van der Waals surface area contributed by atoms with E-state index in [1.54, 1.807) is 0 Å². The minimum atomic E-state index is 0.237. The Hall–Kier alpha value is -0.890. The highest BCUT2D eigenvalue weighted by molar-refractivity contribution is 5.30. The first-order valence-electron chi connectivity index (χ1n) is 4.71. The van der Waals surface area contributed by atoms with Gasteiger partial charge in [0.1, 0.15) is 0 Å². The van der Waals surface area contributed by atoms with Gasteiger partial charge >= 0.3 is 0 Å². The Balaban J connectivity index is 2.29. The molecule has 2 atom stereocenters. The number of aryl methyl sites for hydroxylation is 1. The summed E-state index contributed by atoms with van der Waals surface area (Å²) in [5.74, 6) is 0.451. The van der Waals surface area contributed by atoms with Crippen LogP contribution in [-0.4, -0.2) is 11.0 Å². The number of nitrogens with two attached hydrogens (primary N) is 1. The Labute approximate surface area is 79.2 Å². The van der Waals surface area contributed by atoms with E-state index in [1.807, 2.05) is 12.3 Å². The van der Waals surface area contributed by atoms with E-state index >= 15 is 0 Å². The van der Waals surface area contributed by atoms with E-state index in [0.717, 1.165) is 5.69 Å². The highest BCUT2D eigenvalue weighted by Crippen LogP contribution is 2.56. The lowest BCUT2D eigenvalue weighted by Crippen LogP contribution is -2.06. The Morgan fingerprint density at radius 1 is 1.46 bits per heavy atom. The first kappa shape index (κ1) is 8.70. The Kier molecular flexibility index (Phi) is 1.70. The van der Waals surface area contributed by atoms with Crippen molar-refractivity contribution in [2.45, 2.75) is 32.7 Å². The van der Waals surface area contributed by atoms with E-state index in [9.17, 15) is 0 Å². The molecule has 2 nitrogen and oxygen atoms in total. The normalized spacial score (nSPS) is 30.2. The van der Waals surface area contributed by atoms with Crippen LogP contribution in [0.1, 0.15) is 31.0 Å². The topological polar surface area (TPSA) is 38.9 Å². The van der Waals surface area contributed by atoms with E-state index in [-0.39, 0.29) is 11.5 Å². The summed E-state index contributed by atoms with van der Waals surface area (Å²) in [6.45, 7) is 6.49. The molecule has 0 aliphatic heterocycles. The fraction of sp³-hybridized carbons (Fsp3) is 0.545. The number of rotatable bonds is 1. The molecular formula is C11H16N2. The lowest BCUT2D eigenvalue weighted by atomic mass is 10.1. The van der Waals surface area contributed by atoms with Gasteiger partial charge in [-0.3, -0.25) is 4.98 Å². The zero-order valence-electron chi connectivity index (χ0n) is 8.41. The molecule has 0 radical (unpaired) electrons. The number of hydrogen-bond acceptors (Lipinski definition) is 2. The van der Waals surface area contributed by atoms with Crippen LogP contribution in [0, 0.1) is 12.3 Å². The molecule has 0 saturated heterocycles. The van der Waals surface area contributed by atoms with Crippen molar-refractivity contribution in [1.82, 2.24) is 4.98 Å². The molecule has 0 amide bonds. The first-order valence-corrected chi connectivity index (χ1v) is 4.71. The zero-order valence-corrected chi connectivity index (χ0v) is 8.41. The van der Waals surface area contributed by atoms with E-state index in [2.05, 4.69) is 31.8 Å². The van der Waals surface area contributed by atoms with E-state index in [0.29, 0.717) is 5.92 Å². The van der Waals surface area contributed by atoms with Gasteiger partial charge in [0, 0.05) is 23.9 Å². The Bertz CT molecular complexity index is 331. The van der Waals surface area contributed by atoms with Gasteiger partial charge in [-0.15, -0.1) is 0 Å². The summed E-state index contributed by atoms with van der Waals surface area (Å²) in [4.78, 5) is 4.37. The second-order valence-corrected chi connectivity index (χ2v) is 4.58. The smallest absolute Gasteiger partial charge is 0.0458 e. The van der Waals surface area contributed by atoms with Crippen LogP contribution in [-0.2, 0) is 0 Å². The lowest BCUT2D eigenvalue weighted by Gasteiger charge is -2.02. The van der Waals surface area contributed by atoms with Gasteiger partial charge in [0.15, 0.2) is 0 Å². The molecule has 1 heterocycles. The van der Waals surface area contributed by atoms with Gasteiger partial charge in [0.2, 0.25) is 0 Å². The van der Waals surface area contributed by atoms with Crippen molar-refractivity contribution < 1.29 is 0 Å². The fourth-order valence-corrected chi connectivity index (χ4v) is 1.97. The van der Waals surface area contributed by atoms with Crippen molar-refractivity contribution in [3.63, 3.8) is 0 Å². The molecule has 1 aromatic heterocycles. The molecule has 1 aliphatic rings. The van der Waals surface area contributed by atoms with Crippen molar-refractivity contribution in [1.29, 1.82) is 0 Å². The van der Waals surface area contributed by atoms with Crippen LogP contribution in [0.5, 0.6) is 0 Å². The molecule has 2 N–H and O–H groups in total. The quantitative estimate of drug-likeness (QED) is 0.709. The lowest BCUT2D eigenvalue weighted by molar-refractivity contribution is 0.595. The van der Waals surface area contributed by atoms with Crippen molar-refractivity contribution in [3.05, 3.63) is 29.6 Å².